The first kappa shape index (κ1) is 8.13. The third-order valence-electron chi connectivity index (χ3n) is 0.983. The van der Waals surface area contributed by atoms with Crippen molar-refractivity contribution in [1.29, 1.82) is 0 Å². The summed E-state index contributed by atoms with van der Waals surface area (Å²) in [6, 6.07) is 0. The Kier molecular flexibility index (Phi) is 1.54. The Morgan fingerprint density at radius 1 is 1.42 bits per heavy atom. The summed E-state index contributed by atoms with van der Waals surface area (Å²) in [5.74, 6) is -3.49. The second-order valence-electron chi connectivity index (χ2n) is 1.81. The summed E-state index contributed by atoms with van der Waals surface area (Å²) in [7, 11) is 0. The van der Waals surface area contributed by atoms with Crippen LogP contribution in [0.5, 0.6) is 0 Å². The van der Waals surface area contributed by atoms with Crippen molar-refractivity contribution < 1.29 is 9.85 Å². The van der Waals surface area contributed by atoms with Gasteiger partial charge in [-0.3, -0.25) is 10.1 Å². The van der Waals surface area contributed by atoms with Crippen molar-refractivity contribution in [3.63, 3.8) is 0 Å². The van der Waals surface area contributed by atoms with E-state index in [1.807, 2.05) is 0 Å². The molecule has 0 radical (unpaired) electrons. The molecule has 1 aliphatic heterocycles. The second-order valence-corrected chi connectivity index (χ2v) is 1.81. The van der Waals surface area contributed by atoms with Gasteiger partial charge in [0.15, 0.2) is 0 Å². The molecule has 0 saturated carbocycles. The quantitative estimate of drug-likeness (QED) is 0.305. The number of nitro groups is 2. The van der Waals surface area contributed by atoms with Gasteiger partial charge in [0.2, 0.25) is 0 Å². The monoisotopic (exact) mass is 174 g/mol. The summed E-state index contributed by atoms with van der Waals surface area (Å²) in [5.41, 5.74) is 4.88. The lowest BCUT2D eigenvalue weighted by Gasteiger charge is -1.96. The van der Waals surface area contributed by atoms with Crippen LogP contribution in [0.25, 0.3) is 0 Å². The Hall–Kier alpha value is -1.97. The zero-order chi connectivity index (χ0) is 9.35. The van der Waals surface area contributed by atoms with Crippen LogP contribution in [0.15, 0.2) is 15.2 Å². The average molecular weight is 174 g/mol. The van der Waals surface area contributed by atoms with Crippen LogP contribution >= 0.6 is 0 Å². The van der Waals surface area contributed by atoms with Crippen LogP contribution in [0.1, 0.15) is 0 Å². The van der Waals surface area contributed by atoms with Gasteiger partial charge in [0, 0.05) is 10.1 Å². The molecule has 1 rings (SSSR count). The lowest BCUT2D eigenvalue weighted by Crippen LogP contribution is -2.42. The van der Waals surface area contributed by atoms with Crippen molar-refractivity contribution in [3.8, 4) is 0 Å². The fraction of sp³-hybridized carbons (Fsp3) is 0.500. The number of nitrogens with zero attached hydrogens (tertiary/aromatic N) is 5. The fourth-order valence-corrected chi connectivity index (χ4v) is 0.465. The zero-order valence-corrected chi connectivity index (χ0v) is 5.45. The molecular formula is C2H2N6O4. The number of nitrogens with two attached hydrogens (primary N) is 1. The van der Waals surface area contributed by atoms with E-state index in [2.05, 4.69) is 15.2 Å². The highest BCUT2D eigenvalue weighted by atomic mass is 16.6. The van der Waals surface area contributed by atoms with Gasteiger partial charge in [-0.2, -0.15) is 0 Å². The number of guanidine groups is 1. The topological polar surface area (TPSA) is 149 Å². The molecule has 10 nitrogen and oxygen atoms in total. The molecule has 10 heteroatoms. The maximum atomic E-state index is 10.1. The minimum absolute atomic E-state index is 0.964. The van der Waals surface area contributed by atoms with Gasteiger partial charge in [-0.25, -0.2) is 5.73 Å². The molecule has 0 fully saturated rings. The van der Waals surface area contributed by atoms with Gasteiger partial charge < -0.3 is 10.1 Å². The number of rotatable bonds is 1. The van der Waals surface area contributed by atoms with Gasteiger partial charge in [0.05, 0.1) is 5.11 Å². The van der Waals surface area contributed by atoms with Crippen LogP contribution in [0.4, 0.5) is 0 Å². The van der Waals surface area contributed by atoms with E-state index in [0.717, 1.165) is 0 Å². The van der Waals surface area contributed by atoms with Crippen molar-refractivity contribution in [2.24, 2.45) is 21.0 Å². The second kappa shape index (κ2) is 2.27. The highest BCUT2D eigenvalue weighted by Gasteiger charge is 2.51. The number of hydrogen-bond acceptors (Lipinski definition) is 8. The Bertz CT molecular complexity index is 307. The molecule has 0 aromatic heterocycles. The maximum absolute atomic E-state index is 10.1. The normalized spacial score (nSPS) is 26.9. The first-order chi connectivity index (χ1) is 5.46. The Balaban J connectivity index is 2.99. The first-order valence-electron chi connectivity index (χ1n) is 2.56. The fourth-order valence-electron chi connectivity index (χ4n) is 0.465. The molecule has 0 saturated heterocycles. The molecular weight excluding hydrogens is 172 g/mol. The standard InChI is InChI=1S/C2H2N6O4/c3-2(8(11)12)4-1(5-6-2)7(9)10/h3H2. The summed E-state index contributed by atoms with van der Waals surface area (Å²) in [5, 5.41) is 25.7. The van der Waals surface area contributed by atoms with E-state index in [0.29, 0.717) is 0 Å². The van der Waals surface area contributed by atoms with E-state index >= 15 is 0 Å². The maximum Gasteiger partial charge on any atom is 0.563 e. The van der Waals surface area contributed by atoms with Crippen LogP contribution in [-0.4, -0.2) is 21.7 Å². The molecule has 64 valence electrons. The first-order valence-corrected chi connectivity index (χ1v) is 2.56. The van der Waals surface area contributed by atoms with Crippen molar-refractivity contribution >= 4 is 5.96 Å². The summed E-state index contributed by atoms with van der Waals surface area (Å²) in [6.07, 6.45) is 0. The third-order valence-corrected chi connectivity index (χ3v) is 0.983. The predicted octanol–water partition coefficient (Wildman–Crippen LogP) is -1.07. The molecule has 1 aliphatic rings. The van der Waals surface area contributed by atoms with Crippen LogP contribution in [-0.2, 0) is 0 Å². The van der Waals surface area contributed by atoms with Crippen LogP contribution in [0.2, 0.25) is 0 Å². The van der Waals surface area contributed by atoms with E-state index in [1.165, 1.54) is 0 Å². The zero-order valence-electron chi connectivity index (χ0n) is 5.45. The van der Waals surface area contributed by atoms with Gasteiger partial charge in [-0.1, -0.05) is 0 Å². The lowest BCUT2D eigenvalue weighted by molar-refractivity contribution is -0.565. The minimum Gasteiger partial charge on any atom is -0.390 e. The van der Waals surface area contributed by atoms with E-state index in [4.69, 9.17) is 5.73 Å². The highest BCUT2D eigenvalue weighted by molar-refractivity contribution is 5.73. The average Bonchev–Trinajstić information content (AvgIpc) is 2.33. The van der Waals surface area contributed by atoms with E-state index in [-0.39, 0.29) is 0 Å². The number of hydrogen-bond donors (Lipinski definition) is 1. The predicted molar refractivity (Wildman–Crippen MR) is 33.2 cm³/mol. The molecule has 1 heterocycles. The Morgan fingerprint density at radius 3 is 2.25 bits per heavy atom. The van der Waals surface area contributed by atoms with Gasteiger partial charge in [0.1, 0.15) is 4.92 Å². The van der Waals surface area contributed by atoms with Gasteiger partial charge in [-0.05, 0) is 4.92 Å². The number of aliphatic imine (C=N–C) groups is 1. The molecule has 0 spiro atoms. The molecule has 12 heavy (non-hydrogen) atoms. The third kappa shape index (κ3) is 1.10. The van der Waals surface area contributed by atoms with Crippen LogP contribution in [0, 0.1) is 20.2 Å². The SMILES string of the molecule is NC1([N+](=O)[O-])N=NC([N+](=O)[O-])=N1. The molecule has 1 atom stereocenters. The summed E-state index contributed by atoms with van der Waals surface area (Å²) < 4.78 is 0. The summed E-state index contributed by atoms with van der Waals surface area (Å²) >= 11 is 0. The summed E-state index contributed by atoms with van der Waals surface area (Å²) in [6.45, 7) is 0. The van der Waals surface area contributed by atoms with Crippen molar-refractivity contribution in [1.82, 2.24) is 0 Å². The Morgan fingerprint density at radius 2 is 2.00 bits per heavy atom. The van der Waals surface area contributed by atoms with Gasteiger partial charge >= 0.3 is 11.9 Å². The van der Waals surface area contributed by atoms with Crippen molar-refractivity contribution in [3.05, 3.63) is 20.2 Å². The largest absolute Gasteiger partial charge is 0.563 e. The Labute approximate surface area is 64.1 Å². The van der Waals surface area contributed by atoms with E-state index < -0.39 is 21.7 Å². The smallest absolute Gasteiger partial charge is 0.390 e. The van der Waals surface area contributed by atoms with Crippen LogP contribution < -0.4 is 5.73 Å². The highest BCUT2D eigenvalue weighted by Crippen LogP contribution is 2.13. The molecule has 1 unspecified atom stereocenters. The molecule has 0 amide bonds. The summed E-state index contributed by atoms with van der Waals surface area (Å²) in [4.78, 5) is 20.8. The van der Waals surface area contributed by atoms with Crippen LogP contribution in [0.3, 0.4) is 0 Å². The molecule has 0 aliphatic carbocycles. The van der Waals surface area contributed by atoms with Crippen molar-refractivity contribution in [2.45, 2.75) is 5.91 Å². The van der Waals surface area contributed by atoms with Gasteiger partial charge in [-0.15, -0.1) is 0 Å². The number of azo groups is 1. The molecule has 0 bridgehead atoms. The van der Waals surface area contributed by atoms with E-state index in [9.17, 15) is 20.2 Å². The van der Waals surface area contributed by atoms with Gasteiger partial charge in [0.25, 0.3) is 0 Å². The van der Waals surface area contributed by atoms with E-state index in [1.54, 1.807) is 0 Å². The molecule has 2 N–H and O–H groups in total. The minimum atomic E-state index is -2.53. The molecule has 0 aromatic carbocycles. The van der Waals surface area contributed by atoms with Crippen molar-refractivity contribution in [2.75, 3.05) is 0 Å². The molecule has 0 aromatic rings. The lowest BCUT2D eigenvalue weighted by atomic mass is 10.7.